The van der Waals surface area contributed by atoms with Gasteiger partial charge in [-0.05, 0) is 44.9 Å². The molecule has 3 heteroatoms. The van der Waals surface area contributed by atoms with Crippen LogP contribution in [0.2, 0.25) is 0 Å². The van der Waals surface area contributed by atoms with Crippen molar-refractivity contribution in [1.82, 2.24) is 5.32 Å². The van der Waals surface area contributed by atoms with Gasteiger partial charge in [0.05, 0.1) is 12.6 Å². The third kappa shape index (κ3) is 2.41. The summed E-state index contributed by atoms with van der Waals surface area (Å²) < 4.78 is 5.49. The first-order chi connectivity index (χ1) is 7.35. The van der Waals surface area contributed by atoms with E-state index in [1.54, 1.807) is 10.4 Å². The smallest absolute Gasteiger partial charge is 0.0669 e. The van der Waals surface area contributed by atoms with Crippen molar-refractivity contribution in [1.29, 1.82) is 0 Å². The summed E-state index contributed by atoms with van der Waals surface area (Å²) in [4.78, 5) is 3.04. The monoisotopic (exact) mass is 225 g/mol. The lowest BCUT2D eigenvalue weighted by molar-refractivity contribution is 0.126. The zero-order valence-electron chi connectivity index (χ0n) is 9.51. The highest BCUT2D eigenvalue weighted by Crippen LogP contribution is 2.33. The average molecular weight is 225 g/mol. The van der Waals surface area contributed by atoms with Crippen molar-refractivity contribution in [2.75, 3.05) is 20.3 Å². The fourth-order valence-corrected chi connectivity index (χ4v) is 3.42. The molecule has 0 aromatic carbocycles. The molecule has 0 amide bonds. The summed E-state index contributed by atoms with van der Waals surface area (Å²) in [5.41, 5.74) is 1.58. The molecule has 0 saturated heterocycles. The van der Waals surface area contributed by atoms with Crippen molar-refractivity contribution in [3.05, 3.63) is 21.4 Å². The number of hydrogen-bond donors (Lipinski definition) is 1. The molecule has 2 nitrogen and oxygen atoms in total. The minimum absolute atomic E-state index is 0.376. The van der Waals surface area contributed by atoms with Crippen molar-refractivity contribution in [2.24, 2.45) is 0 Å². The van der Waals surface area contributed by atoms with Gasteiger partial charge in [0.2, 0.25) is 0 Å². The summed E-state index contributed by atoms with van der Waals surface area (Å²) in [6.45, 7) is 3.62. The van der Waals surface area contributed by atoms with E-state index in [-0.39, 0.29) is 0 Å². The Labute approximate surface area is 95.6 Å². The van der Waals surface area contributed by atoms with E-state index in [0.717, 1.165) is 13.2 Å². The van der Waals surface area contributed by atoms with Gasteiger partial charge in [0.1, 0.15) is 0 Å². The summed E-state index contributed by atoms with van der Waals surface area (Å²) in [7, 11) is 2.01. The van der Waals surface area contributed by atoms with Gasteiger partial charge >= 0.3 is 0 Å². The Morgan fingerprint density at radius 2 is 2.40 bits per heavy atom. The molecule has 0 saturated carbocycles. The van der Waals surface area contributed by atoms with E-state index in [1.807, 2.05) is 25.3 Å². The maximum absolute atomic E-state index is 5.49. The van der Waals surface area contributed by atoms with Crippen molar-refractivity contribution in [2.45, 2.75) is 32.2 Å². The minimum Gasteiger partial charge on any atom is -0.380 e. The van der Waals surface area contributed by atoms with Gasteiger partial charge in [0.25, 0.3) is 0 Å². The van der Waals surface area contributed by atoms with Crippen LogP contribution in [0, 0.1) is 0 Å². The number of thiophene rings is 1. The highest BCUT2D eigenvalue weighted by molar-refractivity contribution is 7.12. The van der Waals surface area contributed by atoms with E-state index < -0.39 is 0 Å². The van der Waals surface area contributed by atoms with Crippen molar-refractivity contribution in [3.63, 3.8) is 0 Å². The van der Waals surface area contributed by atoms with E-state index in [2.05, 4.69) is 11.4 Å². The normalized spacial score (nSPS) is 16.7. The number of nitrogens with one attached hydrogen (secondary N) is 1. The Hall–Kier alpha value is -0.380. The third-order valence-corrected chi connectivity index (χ3v) is 4.30. The molecule has 0 aliphatic heterocycles. The Bertz CT molecular complexity index is 300. The zero-order valence-corrected chi connectivity index (χ0v) is 10.3. The van der Waals surface area contributed by atoms with E-state index in [0.29, 0.717) is 6.04 Å². The first kappa shape index (κ1) is 11.1. The predicted molar refractivity (Wildman–Crippen MR) is 64.6 cm³/mol. The molecule has 1 atom stereocenters. The molecule has 1 aromatic heterocycles. The standard InChI is InChI=1S/C12H19NOS/c1-3-14-8-10(13-2)12-7-9-5-4-6-11(9)15-12/h7,10,13H,3-6,8H2,1-2H3. The van der Waals surface area contributed by atoms with Crippen molar-refractivity contribution >= 4 is 11.3 Å². The van der Waals surface area contributed by atoms with Crippen LogP contribution in [-0.4, -0.2) is 20.3 Å². The molecule has 1 aromatic rings. The van der Waals surface area contributed by atoms with Crippen LogP contribution in [0.15, 0.2) is 6.07 Å². The van der Waals surface area contributed by atoms with Crippen LogP contribution in [0.4, 0.5) is 0 Å². The molecular weight excluding hydrogens is 206 g/mol. The van der Waals surface area contributed by atoms with E-state index in [1.165, 1.54) is 24.1 Å². The van der Waals surface area contributed by atoms with E-state index >= 15 is 0 Å². The molecule has 1 unspecified atom stereocenters. The number of aryl methyl sites for hydroxylation is 2. The second-order valence-corrected chi connectivity index (χ2v) is 5.12. The molecule has 1 aliphatic carbocycles. The quantitative estimate of drug-likeness (QED) is 0.831. The van der Waals surface area contributed by atoms with Gasteiger partial charge in [-0.1, -0.05) is 0 Å². The Kier molecular flexibility index (Phi) is 3.78. The van der Waals surface area contributed by atoms with Gasteiger partial charge in [-0.25, -0.2) is 0 Å². The van der Waals surface area contributed by atoms with Crippen LogP contribution in [-0.2, 0) is 17.6 Å². The topological polar surface area (TPSA) is 21.3 Å². The second-order valence-electron chi connectivity index (χ2n) is 3.95. The molecular formula is C12H19NOS. The van der Waals surface area contributed by atoms with Crippen LogP contribution in [0.3, 0.4) is 0 Å². The molecule has 0 radical (unpaired) electrons. The molecule has 1 heterocycles. The summed E-state index contributed by atoms with van der Waals surface area (Å²) in [6, 6.07) is 2.74. The molecule has 84 valence electrons. The van der Waals surface area contributed by atoms with Gasteiger partial charge in [0, 0.05) is 16.4 Å². The summed E-state index contributed by atoms with van der Waals surface area (Å²) in [6.07, 6.45) is 3.90. The van der Waals surface area contributed by atoms with Crippen molar-refractivity contribution in [3.8, 4) is 0 Å². The predicted octanol–water partition coefficient (Wildman–Crippen LogP) is 2.53. The molecule has 1 N–H and O–H groups in total. The second kappa shape index (κ2) is 5.10. The Balaban J connectivity index is 2.06. The lowest BCUT2D eigenvalue weighted by atomic mass is 10.2. The first-order valence-corrected chi connectivity index (χ1v) is 6.53. The fraction of sp³-hybridized carbons (Fsp3) is 0.667. The highest BCUT2D eigenvalue weighted by Gasteiger charge is 2.19. The maximum atomic E-state index is 5.49. The van der Waals surface area contributed by atoms with Crippen LogP contribution in [0.5, 0.6) is 0 Å². The lowest BCUT2D eigenvalue weighted by Crippen LogP contribution is -2.20. The number of likely N-dealkylation sites (N-methyl/N-ethyl adjacent to an activating group) is 1. The molecule has 2 rings (SSSR count). The molecule has 0 fully saturated rings. The lowest BCUT2D eigenvalue weighted by Gasteiger charge is -2.14. The maximum Gasteiger partial charge on any atom is 0.0669 e. The van der Waals surface area contributed by atoms with Crippen LogP contribution >= 0.6 is 11.3 Å². The first-order valence-electron chi connectivity index (χ1n) is 5.71. The number of ether oxygens (including phenoxy) is 1. The molecule has 0 spiro atoms. The van der Waals surface area contributed by atoms with Gasteiger partial charge in [-0.2, -0.15) is 0 Å². The highest BCUT2D eigenvalue weighted by atomic mass is 32.1. The van der Waals surface area contributed by atoms with E-state index in [9.17, 15) is 0 Å². The van der Waals surface area contributed by atoms with Crippen LogP contribution in [0.25, 0.3) is 0 Å². The van der Waals surface area contributed by atoms with Gasteiger partial charge in [0.15, 0.2) is 0 Å². The van der Waals surface area contributed by atoms with Crippen LogP contribution in [0.1, 0.15) is 34.7 Å². The Morgan fingerprint density at radius 1 is 1.53 bits per heavy atom. The molecule has 0 bridgehead atoms. The van der Waals surface area contributed by atoms with Crippen LogP contribution < -0.4 is 5.32 Å². The number of rotatable bonds is 5. The zero-order chi connectivity index (χ0) is 10.7. The molecule has 1 aliphatic rings. The van der Waals surface area contributed by atoms with Crippen molar-refractivity contribution < 1.29 is 4.74 Å². The van der Waals surface area contributed by atoms with Gasteiger partial charge in [-0.3, -0.25) is 0 Å². The third-order valence-electron chi connectivity index (χ3n) is 2.95. The summed E-state index contributed by atoms with van der Waals surface area (Å²) in [5.74, 6) is 0. The fourth-order valence-electron chi connectivity index (χ4n) is 2.07. The average Bonchev–Trinajstić information content (AvgIpc) is 2.79. The Morgan fingerprint density at radius 3 is 3.07 bits per heavy atom. The largest absolute Gasteiger partial charge is 0.380 e. The van der Waals surface area contributed by atoms with Gasteiger partial charge < -0.3 is 10.1 Å². The molecule has 15 heavy (non-hydrogen) atoms. The summed E-state index contributed by atoms with van der Waals surface area (Å²) >= 11 is 1.96. The summed E-state index contributed by atoms with van der Waals surface area (Å²) in [5, 5.41) is 3.33. The minimum atomic E-state index is 0.376. The SMILES string of the molecule is CCOCC(NC)c1cc2c(s1)CCC2. The van der Waals surface area contributed by atoms with Gasteiger partial charge in [-0.15, -0.1) is 11.3 Å². The number of fused-ring (bicyclic) bond motifs is 1. The number of hydrogen-bond acceptors (Lipinski definition) is 3. The van der Waals surface area contributed by atoms with E-state index in [4.69, 9.17) is 4.74 Å².